The molecule has 0 spiro atoms. The summed E-state index contributed by atoms with van der Waals surface area (Å²) in [5, 5.41) is 5.12. The SMILES string of the molecule is O=C(CCNC(=O)c1ccccc1)NCC(=O)OCc1ccccc1. The van der Waals surface area contributed by atoms with Crippen molar-refractivity contribution in [2.75, 3.05) is 13.1 Å². The van der Waals surface area contributed by atoms with E-state index in [1.807, 2.05) is 36.4 Å². The summed E-state index contributed by atoms with van der Waals surface area (Å²) in [7, 11) is 0. The maximum Gasteiger partial charge on any atom is 0.325 e. The van der Waals surface area contributed by atoms with Gasteiger partial charge in [0.15, 0.2) is 0 Å². The van der Waals surface area contributed by atoms with Gasteiger partial charge in [0.25, 0.3) is 5.91 Å². The largest absolute Gasteiger partial charge is 0.460 e. The second-order valence-electron chi connectivity index (χ2n) is 5.29. The molecule has 130 valence electrons. The Bertz CT molecular complexity index is 702. The molecule has 0 aliphatic carbocycles. The maximum absolute atomic E-state index is 11.8. The van der Waals surface area contributed by atoms with E-state index in [0.717, 1.165) is 5.56 Å². The van der Waals surface area contributed by atoms with Gasteiger partial charge in [-0.25, -0.2) is 0 Å². The lowest BCUT2D eigenvalue weighted by Gasteiger charge is -2.07. The molecule has 2 rings (SSSR count). The second-order valence-corrected chi connectivity index (χ2v) is 5.29. The maximum atomic E-state index is 11.8. The van der Waals surface area contributed by atoms with Crippen LogP contribution in [0.25, 0.3) is 0 Å². The van der Waals surface area contributed by atoms with E-state index in [1.54, 1.807) is 24.3 Å². The van der Waals surface area contributed by atoms with Crippen LogP contribution in [0.1, 0.15) is 22.3 Å². The Morgan fingerprint density at radius 2 is 1.48 bits per heavy atom. The highest BCUT2D eigenvalue weighted by Crippen LogP contribution is 2.00. The monoisotopic (exact) mass is 340 g/mol. The van der Waals surface area contributed by atoms with E-state index in [4.69, 9.17) is 4.74 Å². The summed E-state index contributed by atoms with van der Waals surface area (Å²) in [6.07, 6.45) is 0.0878. The molecule has 0 heterocycles. The molecule has 0 aliphatic heterocycles. The number of hydrogen-bond donors (Lipinski definition) is 2. The summed E-state index contributed by atoms with van der Waals surface area (Å²) >= 11 is 0. The van der Waals surface area contributed by atoms with Crippen LogP contribution in [0.2, 0.25) is 0 Å². The Labute approximate surface area is 146 Å². The minimum Gasteiger partial charge on any atom is -0.460 e. The first-order valence-corrected chi connectivity index (χ1v) is 7.94. The predicted octanol–water partition coefficient (Wildman–Crippen LogP) is 1.67. The molecule has 25 heavy (non-hydrogen) atoms. The van der Waals surface area contributed by atoms with Crippen molar-refractivity contribution in [3.8, 4) is 0 Å². The fourth-order valence-electron chi connectivity index (χ4n) is 2.03. The van der Waals surface area contributed by atoms with Gasteiger partial charge >= 0.3 is 5.97 Å². The Morgan fingerprint density at radius 3 is 2.16 bits per heavy atom. The Kier molecular flexibility index (Phi) is 7.18. The molecule has 2 aromatic rings. The van der Waals surface area contributed by atoms with Crippen molar-refractivity contribution in [3.63, 3.8) is 0 Å². The lowest BCUT2D eigenvalue weighted by atomic mass is 10.2. The fourth-order valence-corrected chi connectivity index (χ4v) is 2.03. The molecule has 2 amide bonds. The fraction of sp³-hybridized carbons (Fsp3) is 0.211. The van der Waals surface area contributed by atoms with Crippen LogP contribution in [0.5, 0.6) is 0 Å². The van der Waals surface area contributed by atoms with Crippen molar-refractivity contribution in [2.45, 2.75) is 13.0 Å². The van der Waals surface area contributed by atoms with Crippen molar-refractivity contribution >= 4 is 17.8 Å². The number of carbonyl (C=O) groups is 3. The van der Waals surface area contributed by atoms with Gasteiger partial charge in [-0.2, -0.15) is 0 Å². The minimum atomic E-state index is -0.509. The number of rotatable bonds is 8. The van der Waals surface area contributed by atoms with E-state index in [1.165, 1.54) is 0 Å². The number of carbonyl (C=O) groups excluding carboxylic acids is 3. The highest BCUT2D eigenvalue weighted by atomic mass is 16.5. The van der Waals surface area contributed by atoms with E-state index < -0.39 is 5.97 Å². The van der Waals surface area contributed by atoms with Gasteiger partial charge < -0.3 is 15.4 Å². The zero-order valence-corrected chi connectivity index (χ0v) is 13.7. The summed E-state index contributed by atoms with van der Waals surface area (Å²) in [5.74, 6) is -1.08. The summed E-state index contributed by atoms with van der Waals surface area (Å²) in [5.41, 5.74) is 1.41. The molecule has 0 unspecified atom stereocenters. The molecular formula is C19H20N2O4. The zero-order chi connectivity index (χ0) is 17.9. The number of amides is 2. The summed E-state index contributed by atoms with van der Waals surface area (Å²) in [6.45, 7) is 0.166. The van der Waals surface area contributed by atoms with Crippen molar-refractivity contribution < 1.29 is 19.1 Å². The average molecular weight is 340 g/mol. The summed E-state index contributed by atoms with van der Waals surface area (Å²) in [4.78, 5) is 35.0. The Morgan fingerprint density at radius 1 is 0.840 bits per heavy atom. The topological polar surface area (TPSA) is 84.5 Å². The zero-order valence-electron chi connectivity index (χ0n) is 13.7. The van der Waals surface area contributed by atoms with Crippen molar-refractivity contribution in [2.24, 2.45) is 0 Å². The third-order valence-corrected chi connectivity index (χ3v) is 3.35. The standard InChI is InChI=1S/C19H20N2O4/c22-17(11-12-20-19(24)16-9-5-2-6-10-16)21-13-18(23)25-14-15-7-3-1-4-8-15/h1-10H,11-14H2,(H,20,24)(H,21,22). The lowest BCUT2D eigenvalue weighted by Crippen LogP contribution is -2.34. The van der Waals surface area contributed by atoms with Gasteiger partial charge in [0, 0.05) is 18.5 Å². The van der Waals surface area contributed by atoms with Gasteiger partial charge in [0.1, 0.15) is 13.2 Å². The van der Waals surface area contributed by atoms with Crippen LogP contribution >= 0.6 is 0 Å². The molecule has 0 aromatic heterocycles. The molecule has 0 saturated carbocycles. The molecule has 0 radical (unpaired) electrons. The van der Waals surface area contributed by atoms with Crippen LogP contribution in [-0.2, 0) is 20.9 Å². The van der Waals surface area contributed by atoms with Crippen LogP contribution in [0.3, 0.4) is 0 Å². The van der Waals surface area contributed by atoms with Gasteiger partial charge in [0.2, 0.25) is 5.91 Å². The van der Waals surface area contributed by atoms with E-state index in [-0.39, 0.29) is 37.9 Å². The van der Waals surface area contributed by atoms with Crippen LogP contribution in [0, 0.1) is 0 Å². The van der Waals surface area contributed by atoms with Crippen molar-refractivity contribution in [1.82, 2.24) is 10.6 Å². The first-order chi connectivity index (χ1) is 12.1. The number of esters is 1. The molecule has 6 heteroatoms. The van der Waals surface area contributed by atoms with Gasteiger partial charge in [-0.15, -0.1) is 0 Å². The molecule has 0 bridgehead atoms. The lowest BCUT2D eigenvalue weighted by molar-refractivity contribution is -0.145. The van der Waals surface area contributed by atoms with Gasteiger partial charge in [-0.3, -0.25) is 14.4 Å². The highest BCUT2D eigenvalue weighted by Gasteiger charge is 2.08. The van der Waals surface area contributed by atoms with Gasteiger partial charge in [-0.05, 0) is 17.7 Å². The summed E-state index contributed by atoms with van der Waals surface area (Å²) in [6, 6.07) is 18.0. The number of nitrogens with one attached hydrogen (secondary N) is 2. The van der Waals surface area contributed by atoms with E-state index in [0.29, 0.717) is 5.56 Å². The van der Waals surface area contributed by atoms with E-state index >= 15 is 0 Å². The predicted molar refractivity (Wildman–Crippen MR) is 92.6 cm³/mol. The molecular weight excluding hydrogens is 320 g/mol. The van der Waals surface area contributed by atoms with E-state index in [9.17, 15) is 14.4 Å². The molecule has 2 N–H and O–H groups in total. The number of benzene rings is 2. The summed E-state index contributed by atoms with van der Waals surface area (Å²) < 4.78 is 5.06. The normalized spacial score (nSPS) is 9.92. The Balaban J connectivity index is 1.59. The van der Waals surface area contributed by atoms with E-state index in [2.05, 4.69) is 10.6 Å². The first-order valence-electron chi connectivity index (χ1n) is 7.94. The molecule has 0 atom stereocenters. The second kappa shape index (κ2) is 9.87. The third-order valence-electron chi connectivity index (χ3n) is 3.35. The minimum absolute atomic E-state index is 0.0878. The average Bonchev–Trinajstić information content (AvgIpc) is 2.66. The van der Waals surface area contributed by atoms with Crippen molar-refractivity contribution in [1.29, 1.82) is 0 Å². The number of ether oxygens (including phenoxy) is 1. The van der Waals surface area contributed by atoms with Gasteiger partial charge in [-0.1, -0.05) is 48.5 Å². The molecule has 0 saturated heterocycles. The molecule has 0 aliphatic rings. The van der Waals surface area contributed by atoms with Crippen molar-refractivity contribution in [3.05, 3.63) is 71.8 Å². The quantitative estimate of drug-likeness (QED) is 0.716. The highest BCUT2D eigenvalue weighted by molar-refractivity contribution is 5.94. The van der Waals surface area contributed by atoms with Crippen LogP contribution < -0.4 is 10.6 Å². The molecule has 6 nitrogen and oxygen atoms in total. The van der Waals surface area contributed by atoms with Crippen LogP contribution in [-0.4, -0.2) is 30.9 Å². The van der Waals surface area contributed by atoms with Gasteiger partial charge in [0.05, 0.1) is 0 Å². The Hall–Kier alpha value is -3.15. The van der Waals surface area contributed by atoms with Crippen LogP contribution in [0.4, 0.5) is 0 Å². The third kappa shape index (κ3) is 6.87. The molecule has 0 fully saturated rings. The smallest absolute Gasteiger partial charge is 0.325 e. The molecule has 2 aromatic carbocycles. The van der Waals surface area contributed by atoms with Crippen LogP contribution in [0.15, 0.2) is 60.7 Å². The number of hydrogen-bond acceptors (Lipinski definition) is 4. The first kappa shape index (κ1) is 18.2.